The Bertz CT molecular complexity index is 580. The molecule has 20 heavy (non-hydrogen) atoms. The van der Waals surface area contributed by atoms with Gasteiger partial charge in [-0.25, -0.2) is 4.98 Å². The van der Waals surface area contributed by atoms with E-state index in [1.54, 1.807) is 7.11 Å². The fourth-order valence-electron chi connectivity index (χ4n) is 2.57. The van der Waals surface area contributed by atoms with Gasteiger partial charge in [-0.3, -0.25) is 0 Å². The summed E-state index contributed by atoms with van der Waals surface area (Å²) in [4.78, 5) is 4.71. The van der Waals surface area contributed by atoms with Crippen LogP contribution in [0.15, 0.2) is 30.3 Å². The lowest BCUT2D eigenvalue weighted by molar-refractivity contribution is 0.0775. The molecule has 4 heteroatoms. The minimum atomic E-state index is 0.541. The lowest BCUT2D eigenvalue weighted by Crippen LogP contribution is -2.34. The van der Waals surface area contributed by atoms with Gasteiger partial charge in [-0.1, -0.05) is 18.2 Å². The van der Waals surface area contributed by atoms with E-state index in [0.717, 1.165) is 54.9 Å². The molecule has 1 aliphatic rings. The molecule has 1 saturated heterocycles. The van der Waals surface area contributed by atoms with Gasteiger partial charge in [0.15, 0.2) is 0 Å². The van der Waals surface area contributed by atoms with Crippen LogP contribution < -0.4 is 10.1 Å². The molecule has 0 bridgehead atoms. The van der Waals surface area contributed by atoms with Crippen LogP contribution in [0.5, 0.6) is 5.75 Å². The summed E-state index contributed by atoms with van der Waals surface area (Å²) in [5, 5.41) is 4.67. The van der Waals surface area contributed by atoms with Gasteiger partial charge in [0.1, 0.15) is 11.3 Å². The van der Waals surface area contributed by atoms with Gasteiger partial charge in [0.25, 0.3) is 0 Å². The van der Waals surface area contributed by atoms with Crippen LogP contribution in [0, 0.1) is 0 Å². The maximum Gasteiger partial charge on any atom is 0.145 e. The van der Waals surface area contributed by atoms with E-state index in [2.05, 4.69) is 23.5 Å². The number of fused-ring (bicyclic) bond motifs is 1. The molecule has 1 aromatic heterocycles. The molecular weight excluding hydrogens is 252 g/mol. The Morgan fingerprint density at radius 2 is 2.10 bits per heavy atom. The lowest BCUT2D eigenvalue weighted by atomic mass is 10.1. The summed E-state index contributed by atoms with van der Waals surface area (Å²) in [6, 6.07) is 10.7. The van der Waals surface area contributed by atoms with Gasteiger partial charge >= 0.3 is 0 Å². The highest BCUT2D eigenvalue weighted by Gasteiger charge is 2.13. The summed E-state index contributed by atoms with van der Waals surface area (Å²) in [6.45, 7) is 2.51. The first-order chi connectivity index (χ1) is 9.86. The fraction of sp³-hybridized carbons (Fsp3) is 0.438. The van der Waals surface area contributed by atoms with Crippen molar-refractivity contribution in [1.29, 1.82) is 0 Å². The van der Waals surface area contributed by atoms with Crippen molar-refractivity contribution >= 4 is 10.9 Å². The maximum atomic E-state index is 5.38. The number of nitrogens with zero attached hydrogens (tertiary/aromatic N) is 1. The Morgan fingerprint density at radius 1 is 1.25 bits per heavy atom. The van der Waals surface area contributed by atoms with E-state index in [-0.39, 0.29) is 0 Å². The molecule has 106 valence electrons. The molecule has 1 N–H and O–H groups in total. The van der Waals surface area contributed by atoms with Gasteiger partial charge in [-0.15, -0.1) is 0 Å². The molecule has 1 fully saturated rings. The van der Waals surface area contributed by atoms with Crippen molar-refractivity contribution in [3.8, 4) is 5.75 Å². The van der Waals surface area contributed by atoms with Crippen LogP contribution in [0.4, 0.5) is 0 Å². The van der Waals surface area contributed by atoms with E-state index in [1.165, 1.54) is 0 Å². The third-order valence-corrected chi connectivity index (χ3v) is 3.75. The molecule has 0 atom stereocenters. The van der Waals surface area contributed by atoms with Crippen molar-refractivity contribution in [2.24, 2.45) is 0 Å². The number of benzene rings is 1. The number of hydrogen-bond acceptors (Lipinski definition) is 4. The number of pyridine rings is 1. The van der Waals surface area contributed by atoms with Crippen LogP contribution in [0.2, 0.25) is 0 Å². The Hall–Kier alpha value is -1.65. The topological polar surface area (TPSA) is 43.4 Å². The lowest BCUT2D eigenvalue weighted by Gasteiger charge is -2.23. The Labute approximate surface area is 119 Å². The molecule has 0 unspecified atom stereocenters. The van der Waals surface area contributed by atoms with Crippen LogP contribution in [-0.4, -0.2) is 31.3 Å². The Morgan fingerprint density at radius 3 is 2.90 bits per heavy atom. The molecule has 0 spiro atoms. The summed E-state index contributed by atoms with van der Waals surface area (Å²) in [5.74, 6) is 0.829. The van der Waals surface area contributed by atoms with E-state index in [1.807, 2.05) is 12.1 Å². The normalized spacial score (nSPS) is 16.4. The third kappa shape index (κ3) is 2.92. The van der Waals surface area contributed by atoms with Crippen molar-refractivity contribution in [1.82, 2.24) is 10.3 Å². The molecule has 0 aliphatic carbocycles. The molecule has 2 aromatic rings. The van der Waals surface area contributed by atoms with Gasteiger partial charge in [0.05, 0.1) is 12.8 Å². The number of hydrogen-bond donors (Lipinski definition) is 1. The van der Waals surface area contributed by atoms with Crippen molar-refractivity contribution in [2.45, 2.75) is 25.4 Å². The summed E-state index contributed by atoms with van der Waals surface area (Å²) >= 11 is 0. The van der Waals surface area contributed by atoms with E-state index in [0.29, 0.717) is 6.04 Å². The van der Waals surface area contributed by atoms with Crippen LogP contribution in [0.1, 0.15) is 18.5 Å². The molecule has 0 radical (unpaired) electrons. The third-order valence-electron chi connectivity index (χ3n) is 3.75. The zero-order valence-electron chi connectivity index (χ0n) is 11.8. The van der Waals surface area contributed by atoms with Crippen LogP contribution >= 0.6 is 0 Å². The van der Waals surface area contributed by atoms with Crippen LogP contribution in [-0.2, 0) is 11.3 Å². The van der Waals surface area contributed by atoms with Crippen LogP contribution in [0.25, 0.3) is 10.9 Å². The fourth-order valence-corrected chi connectivity index (χ4v) is 2.57. The van der Waals surface area contributed by atoms with E-state index in [4.69, 9.17) is 14.5 Å². The first kappa shape index (κ1) is 13.3. The van der Waals surface area contributed by atoms with Crippen LogP contribution in [0.3, 0.4) is 0 Å². The summed E-state index contributed by atoms with van der Waals surface area (Å²) in [6.07, 6.45) is 2.16. The highest BCUT2D eigenvalue weighted by Crippen LogP contribution is 2.23. The van der Waals surface area contributed by atoms with Gasteiger partial charge in [-0.2, -0.15) is 0 Å². The Balaban J connectivity index is 1.74. The monoisotopic (exact) mass is 272 g/mol. The highest BCUT2D eigenvalue weighted by atomic mass is 16.5. The number of rotatable bonds is 4. The van der Waals surface area contributed by atoms with Crippen molar-refractivity contribution < 1.29 is 9.47 Å². The summed E-state index contributed by atoms with van der Waals surface area (Å²) in [5.41, 5.74) is 1.98. The molecule has 2 heterocycles. The van der Waals surface area contributed by atoms with Gasteiger partial charge in [0, 0.05) is 31.2 Å². The minimum absolute atomic E-state index is 0.541. The van der Waals surface area contributed by atoms with Gasteiger partial charge in [-0.05, 0) is 25.0 Å². The molecular formula is C16H20N2O2. The molecule has 0 amide bonds. The molecule has 3 rings (SSSR count). The smallest absolute Gasteiger partial charge is 0.145 e. The van der Waals surface area contributed by atoms with Gasteiger partial charge in [0.2, 0.25) is 0 Å². The molecule has 1 aliphatic heterocycles. The highest BCUT2D eigenvalue weighted by molar-refractivity contribution is 5.84. The zero-order chi connectivity index (χ0) is 13.8. The van der Waals surface area contributed by atoms with E-state index < -0.39 is 0 Å². The first-order valence-electron chi connectivity index (χ1n) is 7.10. The average Bonchev–Trinajstić information content (AvgIpc) is 2.53. The molecule has 1 aromatic carbocycles. The maximum absolute atomic E-state index is 5.38. The number of para-hydroxylation sites is 1. The summed E-state index contributed by atoms with van der Waals surface area (Å²) < 4.78 is 10.7. The number of methoxy groups -OCH3 is 1. The predicted molar refractivity (Wildman–Crippen MR) is 79.0 cm³/mol. The van der Waals surface area contributed by atoms with Crippen molar-refractivity contribution in [3.05, 3.63) is 36.0 Å². The second kappa shape index (κ2) is 6.20. The Kier molecular flexibility index (Phi) is 4.14. The summed E-state index contributed by atoms with van der Waals surface area (Å²) in [7, 11) is 1.68. The predicted octanol–water partition coefficient (Wildman–Crippen LogP) is 2.51. The standard InChI is InChI=1S/C16H20N2O2/c1-19-15-4-2-3-12-5-6-14(18-16(12)15)11-17-13-7-9-20-10-8-13/h2-6,13,17H,7-11H2,1H3. The average molecular weight is 272 g/mol. The molecule has 0 saturated carbocycles. The van der Waals surface area contributed by atoms with E-state index in [9.17, 15) is 0 Å². The quantitative estimate of drug-likeness (QED) is 0.928. The minimum Gasteiger partial charge on any atom is -0.494 e. The number of ether oxygens (including phenoxy) is 2. The molecule has 4 nitrogen and oxygen atoms in total. The van der Waals surface area contributed by atoms with Gasteiger partial charge < -0.3 is 14.8 Å². The second-order valence-electron chi connectivity index (χ2n) is 5.10. The van der Waals surface area contributed by atoms with Crippen molar-refractivity contribution in [3.63, 3.8) is 0 Å². The zero-order valence-corrected chi connectivity index (χ0v) is 11.8. The number of aromatic nitrogens is 1. The first-order valence-corrected chi connectivity index (χ1v) is 7.10. The second-order valence-corrected chi connectivity index (χ2v) is 5.10. The van der Waals surface area contributed by atoms with Crippen molar-refractivity contribution in [2.75, 3.05) is 20.3 Å². The largest absolute Gasteiger partial charge is 0.494 e. The number of nitrogens with one attached hydrogen (secondary N) is 1. The van der Waals surface area contributed by atoms with E-state index >= 15 is 0 Å². The SMILES string of the molecule is COc1cccc2ccc(CNC3CCOCC3)nc12.